The molecule has 0 nitrogen and oxygen atoms in total. The summed E-state index contributed by atoms with van der Waals surface area (Å²) in [5.74, 6) is 9.62. The van der Waals surface area contributed by atoms with Crippen LogP contribution in [-0.2, 0) is 0 Å². The topological polar surface area (TPSA) is 0 Å². The second-order valence-electron chi connectivity index (χ2n) is 12.9. The smallest absolute Gasteiger partial charge is 0.0297 e. The first kappa shape index (κ1) is 19.4. The van der Waals surface area contributed by atoms with Crippen molar-refractivity contribution in [2.24, 2.45) is 52.3 Å². The molecule has 0 aliphatic heterocycles. The maximum absolute atomic E-state index is 2.64. The first-order chi connectivity index (χ1) is 12.0. The van der Waals surface area contributed by atoms with Gasteiger partial charge in [0.1, 0.15) is 0 Å². The summed E-state index contributed by atoms with van der Waals surface area (Å²) in [6.07, 6.45) is 6.14. The molecule has 0 N–H and O–H groups in total. The van der Waals surface area contributed by atoms with Crippen LogP contribution < -0.4 is 0 Å². The summed E-state index contributed by atoms with van der Waals surface area (Å²) in [5.41, 5.74) is 1.26. The largest absolute Gasteiger partial charge is 0.197 e. The van der Waals surface area contributed by atoms with Crippen molar-refractivity contribution in [2.75, 3.05) is 0 Å². The van der Waals surface area contributed by atoms with Gasteiger partial charge in [-0.2, -0.15) is 17.5 Å². The maximum atomic E-state index is 2.64. The van der Waals surface area contributed by atoms with Gasteiger partial charge in [0.15, 0.2) is 0 Å². The van der Waals surface area contributed by atoms with Crippen molar-refractivity contribution in [3.05, 3.63) is 0 Å². The lowest BCUT2D eigenvalue weighted by molar-refractivity contribution is -0.108. The van der Waals surface area contributed by atoms with Crippen molar-refractivity contribution in [1.29, 1.82) is 0 Å². The highest BCUT2D eigenvalue weighted by atomic mass is 14.6. The predicted octanol–water partition coefficient (Wildman–Crippen LogP) is 7.67. The Bertz CT molecular complexity index is 504. The number of hydrogen-bond acceptors (Lipinski definition) is 0. The van der Waals surface area contributed by atoms with Gasteiger partial charge in [0.05, 0.1) is 0 Å². The second kappa shape index (κ2) is 6.03. The van der Waals surface area contributed by atoms with Crippen molar-refractivity contribution >= 4 is 6.71 Å². The van der Waals surface area contributed by atoms with Gasteiger partial charge in [0, 0.05) is 0 Å². The SMILES string of the molecule is CC(C)C(C)[B-]([C@H]1C[C@H]2C[C@@H]([C@@H]1C)C2(C)C)[C@H]1C[C@H]2C[C@@H]([C@@H]1C)C2(C)C. The summed E-state index contributed by atoms with van der Waals surface area (Å²) in [5, 5.41) is 0. The normalized spacial score (nSPS) is 49.5. The molecule has 0 spiro atoms. The highest BCUT2D eigenvalue weighted by Gasteiger charge is 2.58. The molecule has 1 heteroatoms. The fourth-order valence-electron chi connectivity index (χ4n) is 8.94. The number of rotatable bonds is 4. The van der Waals surface area contributed by atoms with Crippen LogP contribution in [0.3, 0.4) is 0 Å². The van der Waals surface area contributed by atoms with Gasteiger partial charge >= 0.3 is 0 Å². The zero-order valence-corrected chi connectivity index (χ0v) is 19.2. The number of fused-ring (bicyclic) bond motifs is 4. The van der Waals surface area contributed by atoms with E-state index in [1.54, 1.807) is 0 Å². The molecule has 26 heavy (non-hydrogen) atoms. The van der Waals surface area contributed by atoms with E-state index >= 15 is 0 Å². The van der Waals surface area contributed by atoms with Gasteiger partial charge in [-0.1, -0.05) is 92.9 Å². The number of hydrogen-bond donors (Lipinski definition) is 0. The molecule has 0 amide bonds. The summed E-state index contributed by atoms with van der Waals surface area (Å²) < 4.78 is 0. The maximum Gasteiger partial charge on any atom is -0.0297 e. The van der Waals surface area contributed by atoms with Crippen LogP contribution in [0.2, 0.25) is 17.5 Å². The van der Waals surface area contributed by atoms with E-state index in [1.807, 2.05) is 0 Å². The van der Waals surface area contributed by atoms with E-state index in [2.05, 4.69) is 62.3 Å². The van der Waals surface area contributed by atoms with E-state index < -0.39 is 0 Å². The fraction of sp³-hybridized carbons (Fsp3) is 1.00. The van der Waals surface area contributed by atoms with Crippen LogP contribution in [0.1, 0.15) is 88.0 Å². The monoisotopic (exact) mass is 356 g/mol. The van der Waals surface area contributed by atoms with E-state index in [1.165, 1.54) is 25.7 Å². The van der Waals surface area contributed by atoms with Crippen LogP contribution in [0.5, 0.6) is 0 Å². The van der Waals surface area contributed by atoms with Gasteiger partial charge in [-0.25, -0.2) is 0 Å². The Kier molecular flexibility index (Phi) is 4.50. The quantitative estimate of drug-likeness (QED) is 0.453. The van der Waals surface area contributed by atoms with E-state index in [9.17, 15) is 0 Å². The Morgan fingerprint density at radius 2 is 1.08 bits per heavy atom. The molecular weight excluding hydrogens is 311 g/mol. The third kappa shape index (κ3) is 2.47. The molecule has 6 aliphatic carbocycles. The van der Waals surface area contributed by atoms with Crippen LogP contribution in [0.15, 0.2) is 0 Å². The fourth-order valence-corrected chi connectivity index (χ4v) is 8.94. The minimum absolute atomic E-state index is 0.629. The van der Waals surface area contributed by atoms with Crippen LogP contribution in [-0.4, -0.2) is 6.71 Å². The van der Waals surface area contributed by atoms with Crippen molar-refractivity contribution < 1.29 is 0 Å². The Morgan fingerprint density at radius 1 is 0.692 bits per heavy atom. The second-order valence-corrected chi connectivity index (χ2v) is 12.9. The molecule has 149 valence electrons. The molecule has 9 atom stereocenters. The third-order valence-corrected chi connectivity index (χ3v) is 11.5. The minimum Gasteiger partial charge on any atom is -0.197 e. The summed E-state index contributed by atoms with van der Waals surface area (Å²) in [6, 6.07) is 0. The zero-order chi connectivity index (χ0) is 19.2. The lowest BCUT2D eigenvalue weighted by atomic mass is 9.17. The van der Waals surface area contributed by atoms with Crippen molar-refractivity contribution in [1.82, 2.24) is 0 Å². The van der Waals surface area contributed by atoms with Crippen LogP contribution in [0.25, 0.3) is 0 Å². The van der Waals surface area contributed by atoms with Gasteiger partial charge in [-0.05, 0) is 47.3 Å². The van der Waals surface area contributed by atoms with Gasteiger partial charge in [-0.3, -0.25) is 0 Å². The molecule has 4 bridgehead atoms. The lowest BCUT2D eigenvalue weighted by Gasteiger charge is -2.72. The highest BCUT2D eigenvalue weighted by molar-refractivity contribution is 6.64. The molecule has 6 fully saturated rings. The molecule has 6 saturated carbocycles. The molecule has 0 heterocycles. The molecular formula is C25H45B-. The van der Waals surface area contributed by atoms with E-state index in [4.69, 9.17) is 0 Å². The van der Waals surface area contributed by atoms with Gasteiger partial charge in [0.2, 0.25) is 0 Å². The molecule has 0 aromatic rings. The van der Waals surface area contributed by atoms with Crippen LogP contribution >= 0.6 is 0 Å². The summed E-state index contributed by atoms with van der Waals surface area (Å²) >= 11 is 0. The average Bonchev–Trinajstić information content (AvgIpc) is 2.56. The predicted molar refractivity (Wildman–Crippen MR) is 116 cm³/mol. The van der Waals surface area contributed by atoms with Gasteiger partial charge < -0.3 is 0 Å². The first-order valence-electron chi connectivity index (χ1n) is 12.0. The molecule has 0 aromatic carbocycles. The Morgan fingerprint density at radius 3 is 1.35 bits per heavy atom. The van der Waals surface area contributed by atoms with Crippen molar-refractivity contribution in [3.8, 4) is 0 Å². The van der Waals surface area contributed by atoms with E-state index in [-0.39, 0.29) is 0 Å². The van der Waals surface area contributed by atoms with Crippen molar-refractivity contribution in [2.45, 2.75) is 105 Å². The van der Waals surface area contributed by atoms with Gasteiger partial charge in [0.25, 0.3) is 0 Å². The van der Waals surface area contributed by atoms with Gasteiger partial charge in [-0.15, -0.1) is 6.71 Å². The standard InChI is InChI=1S/C25H45B/c1-14(2)17(5)26(22-12-18-10-20(15(22)3)24(18,6)7)23-13-19-11-21(16(23)4)25(19,8)9/h14-23H,10-13H2,1-9H3/q-1/t15-,16-,17?,18+,19+,20-,21-,22-,23-/m0/s1. The molecule has 6 aliphatic rings. The lowest BCUT2D eigenvalue weighted by Crippen LogP contribution is -2.60. The summed E-state index contributed by atoms with van der Waals surface area (Å²) in [4.78, 5) is 0. The van der Waals surface area contributed by atoms with E-state index in [0.717, 1.165) is 65.6 Å². The third-order valence-electron chi connectivity index (χ3n) is 11.5. The molecule has 6 rings (SSSR count). The average molecular weight is 356 g/mol. The summed E-state index contributed by atoms with van der Waals surface area (Å²) in [6.45, 7) is 24.1. The Balaban J connectivity index is 1.61. The molecule has 0 saturated heterocycles. The highest BCUT2D eigenvalue weighted by Crippen LogP contribution is 2.70. The Hall–Kier alpha value is 0.0649. The molecule has 0 aromatic heterocycles. The zero-order valence-electron chi connectivity index (χ0n) is 19.2. The molecule has 1 unspecified atom stereocenters. The van der Waals surface area contributed by atoms with E-state index in [0.29, 0.717) is 10.8 Å². The van der Waals surface area contributed by atoms with Crippen LogP contribution in [0, 0.1) is 52.3 Å². The van der Waals surface area contributed by atoms with Crippen LogP contribution in [0.4, 0.5) is 0 Å². The molecule has 1 radical (unpaired) electrons. The summed E-state index contributed by atoms with van der Waals surface area (Å²) in [7, 11) is 0. The van der Waals surface area contributed by atoms with Crippen molar-refractivity contribution in [3.63, 3.8) is 0 Å². The minimum atomic E-state index is 0.629. The Labute approximate surface area is 164 Å². The first-order valence-corrected chi connectivity index (χ1v) is 12.0.